The third-order valence-corrected chi connectivity index (χ3v) is 5.13. The van der Waals surface area contributed by atoms with E-state index in [9.17, 15) is 4.79 Å². The lowest BCUT2D eigenvalue weighted by Crippen LogP contribution is -2.31. The number of urea groups is 1. The number of nitrogens with one attached hydrogen (secondary N) is 2. The third-order valence-electron chi connectivity index (χ3n) is 4.23. The Morgan fingerprint density at radius 3 is 2.65 bits per heavy atom. The summed E-state index contributed by atoms with van der Waals surface area (Å²) in [5.74, 6) is 0.758. The molecule has 136 valence electrons. The number of rotatable bonds is 4. The smallest absolute Gasteiger partial charge is 0.319 e. The molecule has 0 radical (unpaired) electrons. The fraction of sp³-hybridized carbons (Fsp3) is 0.333. The van der Waals surface area contributed by atoms with Crippen molar-refractivity contribution in [1.29, 1.82) is 0 Å². The number of aromatic nitrogens is 4. The van der Waals surface area contributed by atoms with Gasteiger partial charge in [-0.1, -0.05) is 12.1 Å². The van der Waals surface area contributed by atoms with Crippen LogP contribution in [0.3, 0.4) is 0 Å². The zero-order valence-corrected chi connectivity index (χ0v) is 16.3. The Morgan fingerprint density at radius 2 is 2.04 bits per heavy atom. The van der Waals surface area contributed by atoms with E-state index in [1.54, 1.807) is 17.7 Å². The molecule has 2 heterocycles. The SMILES string of the molecule is Cc1nc(C(C)NC(=O)Nc2cccc(-c3nncn3C)c2C)c(C)s1. The molecule has 1 unspecified atom stereocenters. The molecule has 0 aliphatic carbocycles. The molecule has 3 aromatic rings. The van der Waals surface area contributed by atoms with Gasteiger partial charge in [0.25, 0.3) is 0 Å². The number of nitrogens with zero attached hydrogens (tertiary/aromatic N) is 4. The van der Waals surface area contributed by atoms with Gasteiger partial charge in [0.15, 0.2) is 5.82 Å². The van der Waals surface area contributed by atoms with Gasteiger partial charge in [-0.3, -0.25) is 0 Å². The van der Waals surface area contributed by atoms with Gasteiger partial charge < -0.3 is 15.2 Å². The van der Waals surface area contributed by atoms with Crippen molar-refractivity contribution in [2.75, 3.05) is 5.32 Å². The summed E-state index contributed by atoms with van der Waals surface area (Å²) in [4.78, 5) is 18.1. The van der Waals surface area contributed by atoms with E-state index in [1.807, 2.05) is 57.5 Å². The number of hydrogen-bond donors (Lipinski definition) is 2. The lowest BCUT2D eigenvalue weighted by Gasteiger charge is -2.16. The van der Waals surface area contributed by atoms with Gasteiger partial charge in [0.2, 0.25) is 0 Å². The maximum absolute atomic E-state index is 12.5. The predicted octanol–water partition coefficient (Wildman–Crippen LogP) is 3.75. The average Bonchev–Trinajstić information content (AvgIpc) is 3.14. The number of amides is 2. The van der Waals surface area contributed by atoms with Crippen LogP contribution in [0.2, 0.25) is 0 Å². The van der Waals surface area contributed by atoms with Gasteiger partial charge in [-0.25, -0.2) is 9.78 Å². The second-order valence-electron chi connectivity index (χ2n) is 6.24. The Hall–Kier alpha value is -2.74. The van der Waals surface area contributed by atoms with Crippen molar-refractivity contribution in [3.8, 4) is 11.4 Å². The van der Waals surface area contributed by atoms with E-state index in [0.29, 0.717) is 0 Å². The van der Waals surface area contributed by atoms with Crippen LogP contribution in [-0.4, -0.2) is 25.8 Å². The van der Waals surface area contributed by atoms with Crippen molar-refractivity contribution in [1.82, 2.24) is 25.1 Å². The number of carbonyl (C=O) groups excluding carboxylic acids is 1. The summed E-state index contributed by atoms with van der Waals surface area (Å²) >= 11 is 1.63. The molecular weight excluding hydrogens is 348 g/mol. The minimum Gasteiger partial charge on any atom is -0.330 e. The van der Waals surface area contributed by atoms with Crippen LogP contribution in [0.1, 0.15) is 34.1 Å². The monoisotopic (exact) mass is 370 g/mol. The van der Waals surface area contributed by atoms with Gasteiger partial charge in [-0.05, 0) is 39.3 Å². The maximum atomic E-state index is 12.5. The normalized spacial score (nSPS) is 12.0. The number of aryl methyl sites for hydroxylation is 3. The highest BCUT2D eigenvalue weighted by atomic mass is 32.1. The minimum absolute atomic E-state index is 0.165. The molecule has 0 saturated carbocycles. The van der Waals surface area contributed by atoms with Crippen LogP contribution in [0.15, 0.2) is 24.5 Å². The second kappa shape index (κ2) is 7.25. The van der Waals surface area contributed by atoms with Gasteiger partial charge >= 0.3 is 6.03 Å². The van der Waals surface area contributed by atoms with E-state index >= 15 is 0 Å². The first kappa shape index (κ1) is 18.1. The molecule has 26 heavy (non-hydrogen) atoms. The van der Waals surface area contributed by atoms with Crippen molar-refractivity contribution < 1.29 is 4.79 Å². The van der Waals surface area contributed by atoms with Crippen molar-refractivity contribution in [2.45, 2.75) is 33.7 Å². The van der Waals surface area contributed by atoms with Crippen LogP contribution in [0, 0.1) is 20.8 Å². The Morgan fingerprint density at radius 1 is 1.27 bits per heavy atom. The molecule has 2 N–H and O–H groups in total. The highest BCUT2D eigenvalue weighted by molar-refractivity contribution is 7.11. The summed E-state index contributed by atoms with van der Waals surface area (Å²) in [5.41, 5.74) is 3.52. The first-order chi connectivity index (χ1) is 12.4. The molecule has 0 bridgehead atoms. The average molecular weight is 370 g/mol. The zero-order valence-electron chi connectivity index (χ0n) is 15.5. The second-order valence-corrected chi connectivity index (χ2v) is 7.65. The number of hydrogen-bond acceptors (Lipinski definition) is 5. The highest BCUT2D eigenvalue weighted by Crippen LogP contribution is 2.27. The molecule has 0 spiro atoms. The molecule has 2 amide bonds. The van der Waals surface area contributed by atoms with E-state index in [2.05, 4.69) is 25.8 Å². The van der Waals surface area contributed by atoms with Crippen LogP contribution in [0.4, 0.5) is 10.5 Å². The van der Waals surface area contributed by atoms with E-state index in [1.165, 1.54) is 0 Å². The topological polar surface area (TPSA) is 84.7 Å². The highest BCUT2D eigenvalue weighted by Gasteiger charge is 2.17. The summed E-state index contributed by atoms with van der Waals surface area (Å²) in [6, 6.07) is 5.30. The molecule has 3 rings (SSSR count). The minimum atomic E-state index is -0.263. The first-order valence-electron chi connectivity index (χ1n) is 8.32. The molecule has 8 heteroatoms. The Balaban J connectivity index is 1.76. The summed E-state index contributed by atoms with van der Waals surface area (Å²) < 4.78 is 1.85. The number of benzene rings is 1. The number of carbonyl (C=O) groups is 1. The molecule has 0 aliphatic rings. The number of thiazole rings is 1. The molecule has 0 fully saturated rings. The van der Waals surface area contributed by atoms with Gasteiger partial charge in [0, 0.05) is 23.2 Å². The van der Waals surface area contributed by atoms with Crippen molar-refractivity contribution in [3.63, 3.8) is 0 Å². The summed E-state index contributed by atoms with van der Waals surface area (Å²) in [5, 5.41) is 14.9. The summed E-state index contributed by atoms with van der Waals surface area (Å²) in [6.45, 7) is 7.88. The molecule has 1 aromatic carbocycles. The van der Waals surface area contributed by atoms with Crippen LogP contribution in [-0.2, 0) is 7.05 Å². The molecule has 0 aliphatic heterocycles. The van der Waals surface area contributed by atoms with Gasteiger partial charge in [-0.15, -0.1) is 21.5 Å². The van der Waals surface area contributed by atoms with Gasteiger partial charge in [0.1, 0.15) is 6.33 Å². The fourth-order valence-electron chi connectivity index (χ4n) is 2.91. The lowest BCUT2D eigenvalue weighted by molar-refractivity contribution is 0.249. The quantitative estimate of drug-likeness (QED) is 0.732. The van der Waals surface area contributed by atoms with Crippen molar-refractivity contribution in [2.24, 2.45) is 7.05 Å². The summed E-state index contributed by atoms with van der Waals surface area (Å²) in [7, 11) is 1.89. The molecular formula is C18H22N6OS. The Labute approximate surface area is 156 Å². The Kier molecular flexibility index (Phi) is 5.03. The zero-order chi connectivity index (χ0) is 18.8. The molecule has 2 aromatic heterocycles. The molecule has 1 atom stereocenters. The summed E-state index contributed by atoms with van der Waals surface area (Å²) in [6.07, 6.45) is 1.65. The fourth-order valence-corrected chi connectivity index (χ4v) is 3.82. The van der Waals surface area contributed by atoms with Crippen molar-refractivity contribution in [3.05, 3.63) is 45.7 Å². The van der Waals surface area contributed by atoms with Crippen molar-refractivity contribution >= 4 is 23.1 Å². The largest absolute Gasteiger partial charge is 0.330 e. The van der Waals surface area contributed by atoms with Gasteiger partial charge in [-0.2, -0.15) is 0 Å². The predicted molar refractivity (Wildman–Crippen MR) is 103 cm³/mol. The van der Waals surface area contributed by atoms with Crippen LogP contribution in [0.25, 0.3) is 11.4 Å². The van der Waals surface area contributed by atoms with E-state index in [0.717, 1.165) is 38.2 Å². The lowest BCUT2D eigenvalue weighted by atomic mass is 10.1. The standard InChI is InChI=1S/C18H22N6OS/c1-10-14(17-23-19-9-24(17)5)7-6-8-15(10)22-18(25)20-11(2)16-12(3)26-13(4)21-16/h6-9,11H,1-5H3,(H2,20,22,25). The van der Waals surface area contributed by atoms with E-state index < -0.39 is 0 Å². The maximum Gasteiger partial charge on any atom is 0.319 e. The molecule has 0 saturated heterocycles. The van der Waals surface area contributed by atoms with Gasteiger partial charge in [0.05, 0.1) is 16.7 Å². The first-order valence-corrected chi connectivity index (χ1v) is 9.14. The van der Waals surface area contributed by atoms with E-state index in [-0.39, 0.29) is 12.1 Å². The van der Waals surface area contributed by atoms with Crippen LogP contribution < -0.4 is 10.6 Å². The van der Waals surface area contributed by atoms with Crippen LogP contribution >= 0.6 is 11.3 Å². The number of anilines is 1. The Bertz CT molecular complexity index is 945. The van der Waals surface area contributed by atoms with E-state index in [4.69, 9.17) is 0 Å². The third kappa shape index (κ3) is 3.60. The van der Waals surface area contributed by atoms with Crippen LogP contribution in [0.5, 0.6) is 0 Å². The molecule has 7 nitrogen and oxygen atoms in total.